The number of nitrogens with zero attached hydrogens (tertiary/aromatic N) is 3. The molecule has 1 N–H and O–H groups in total. The highest BCUT2D eigenvalue weighted by atomic mass is 16.5. The molecule has 1 aliphatic rings. The Bertz CT molecular complexity index is 457. The van der Waals surface area contributed by atoms with Crippen LogP contribution in [0.15, 0.2) is 12.3 Å². The highest BCUT2D eigenvalue weighted by molar-refractivity contribution is 6.39. The molecule has 1 aromatic rings. The Morgan fingerprint density at radius 3 is 2.94 bits per heavy atom. The number of amides is 2. The van der Waals surface area contributed by atoms with Gasteiger partial charge in [0.15, 0.2) is 0 Å². The van der Waals surface area contributed by atoms with Crippen LogP contribution in [0, 0.1) is 0 Å². The van der Waals surface area contributed by atoms with E-state index >= 15 is 0 Å². The van der Waals surface area contributed by atoms with Crippen molar-refractivity contribution in [1.82, 2.24) is 14.7 Å². The van der Waals surface area contributed by atoms with Gasteiger partial charge in [0.25, 0.3) is 0 Å². The number of hydrogen-bond donors (Lipinski definition) is 1. The molecule has 98 valence electrons. The molecule has 1 aromatic heterocycles. The van der Waals surface area contributed by atoms with E-state index in [0.717, 1.165) is 0 Å². The van der Waals surface area contributed by atoms with Crippen LogP contribution in [-0.2, 0) is 21.4 Å². The van der Waals surface area contributed by atoms with Gasteiger partial charge < -0.3 is 15.0 Å². The van der Waals surface area contributed by atoms with Crippen molar-refractivity contribution >= 4 is 17.6 Å². The summed E-state index contributed by atoms with van der Waals surface area (Å²) >= 11 is 0. The van der Waals surface area contributed by atoms with Crippen molar-refractivity contribution in [3.63, 3.8) is 0 Å². The monoisotopic (exact) mass is 252 g/mol. The van der Waals surface area contributed by atoms with Gasteiger partial charge in [-0.3, -0.25) is 14.3 Å². The maximum atomic E-state index is 11.9. The summed E-state index contributed by atoms with van der Waals surface area (Å²) in [4.78, 5) is 25.2. The standard InChI is InChI=1S/C11H16N4O3/c1-8-7-15(5-6-18-8)11(17)10(16)13-9-3-4-12-14(9)2/h3-4,8H,5-7H2,1-2H3,(H,13,16). The molecule has 0 aliphatic carbocycles. The van der Waals surface area contributed by atoms with Gasteiger partial charge in [0.2, 0.25) is 0 Å². The van der Waals surface area contributed by atoms with Gasteiger partial charge in [0.05, 0.1) is 18.9 Å². The minimum atomic E-state index is -0.646. The average molecular weight is 252 g/mol. The van der Waals surface area contributed by atoms with E-state index in [1.54, 1.807) is 19.3 Å². The Morgan fingerprint density at radius 1 is 1.56 bits per heavy atom. The zero-order chi connectivity index (χ0) is 13.1. The molecular formula is C11H16N4O3. The van der Waals surface area contributed by atoms with Crippen LogP contribution in [0.4, 0.5) is 5.82 Å². The second-order valence-electron chi connectivity index (χ2n) is 4.23. The van der Waals surface area contributed by atoms with Crippen molar-refractivity contribution in [3.05, 3.63) is 12.3 Å². The number of hydrogen-bond acceptors (Lipinski definition) is 4. The van der Waals surface area contributed by atoms with Crippen molar-refractivity contribution in [2.45, 2.75) is 13.0 Å². The van der Waals surface area contributed by atoms with Gasteiger partial charge in [-0.05, 0) is 6.92 Å². The van der Waals surface area contributed by atoms with Crippen LogP contribution in [0.1, 0.15) is 6.92 Å². The first-order valence-corrected chi connectivity index (χ1v) is 5.78. The molecule has 1 unspecified atom stereocenters. The SMILES string of the molecule is CC1CN(C(=O)C(=O)Nc2ccnn2C)CCO1. The maximum Gasteiger partial charge on any atom is 0.315 e. The van der Waals surface area contributed by atoms with Gasteiger partial charge >= 0.3 is 11.8 Å². The van der Waals surface area contributed by atoms with Gasteiger partial charge in [-0.25, -0.2) is 0 Å². The molecule has 2 amide bonds. The molecule has 1 atom stereocenters. The van der Waals surface area contributed by atoms with Crippen LogP contribution in [0.3, 0.4) is 0 Å². The summed E-state index contributed by atoms with van der Waals surface area (Å²) < 4.78 is 6.82. The van der Waals surface area contributed by atoms with Gasteiger partial charge in [-0.15, -0.1) is 0 Å². The van der Waals surface area contributed by atoms with Crippen LogP contribution < -0.4 is 5.32 Å². The van der Waals surface area contributed by atoms with Crippen LogP contribution in [-0.4, -0.2) is 52.3 Å². The minimum absolute atomic E-state index is 0.0350. The van der Waals surface area contributed by atoms with Gasteiger partial charge in [0.1, 0.15) is 5.82 Å². The maximum absolute atomic E-state index is 11.9. The summed E-state index contributed by atoms with van der Waals surface area (Å²) in [6, 6.07) is 1.63. The molecule has 1 saturated heterocycles. The second-order valence-corrected chi connectivity index (χ2v) is 4.23. The zero-order valence-corrected chi connectivity index (χ0v) is 10.4. The fraction of sp³-hybridized carbons (Fsp3) is 0.545. The third-order valence-corrected chi connectivity index (χ3v) is 2.79. The molecule has 0 radical (unpaired) electrons. The van der Waals surface area contributed by atoms with Crippen molar-refractivity contribution < 1.29 is 14.3 Å². The Balaban J connectivity index is 1.96. The molecule has 0 bridgehead atoms. The number of carbonyl (C=O) groups excluding carboxylic acids is 2. The lowest BCUT2D eigenvalue weighted by Crippen LogP contribution is -2.48. The molecule has 1 fully saturated rings. The molecule has 18 heavy (non-hydrogen) atoms. The number of rotatable bonds is 1. The largest absolute Gasteiger partial charge is 0.375 e. The topological polar surface area (TPSA) is 76.5 Å². The first-order valence-electron chi connectivity index (χ1n) is 5.78. The number of morpholine rings is 1. The van der Waals surface area contributed by atoms with Crippen LogP contribution in [0.25, 0.3) is 0 Å². The zero-order valence-electron chi connectivity index (χ0n) is 10.4. The lowest BCUT2D eigenvalue weighted by Gasteiger charge is -2.30. The smallest absolute Gasteiger partial charge is 0.315 e. The number of aromatic nitrogens is 2. The van der Waals surface area contributed by atoms with E-state index in [-0.39, 0.29) is 6.10 Å². The molecule has 1 aliphatic heterocycles. The van der Waals surface area contributed by atoms with Crippen molar-refractivity contribution in [3.8, 4) is 0 Å². The summed E-state index contributed by atoms with van der Waals surface area (Å²) in [6.07, 6.45) is 1.52. The quantitative estimate of drug-likeness (QED) is 0.690. The Labute approximate surface area is 105 Å². The fourth-order valence-corrected chi connectivity index (χ4v) is 1.81. The van der Waals surface area contributed by atoms with Gasteiger partial charge in [-0.1, -0.05) is 0 Å². The Morgan fingerprint density at radius 2 is 2.33 bits per heavy atom. The third-order valence-electron chi connectivity index (χ3n) is 2.79. The lowest BCUT2D eigenvalue weighted by atomic mass is 10.3. The number of nitrogens with one attached hydrogen (secondary N) is 1. The van der Waals surface area contributed by atoms with E-state index in [2.05, 4.69) is 10.4 Å². The summed E-state index contributed by atoms with van der Waals surface area (Å²) in [5.74, 6) is -0.686. The molecule has 0 aromatic carbocycles. The summed E-state index contributed by atoms with van der Waals surface area (Å²) in [7, 11) is 1.69. The number of anilines is 1. The first-order chi connectivity index (χ1) is 8.58. The van der Waals surface area contributed by atoms with Crippen LogP contribution >= 0.6 is 0 Å². The van der Waals surface area contributed by atoms with E-state index in [0.29, 0.717) is 25.5 Å². The van der Waals surface area contributed by atoms with E-state index in [9.17, 15) is 9.59 Å². The van der Waals surface area contributed by atoms with E-state index in [1.165, 1.54) is 9.58 Å². The summed E-state index contributed by atoms with van der Waals surface area (Å²) in [6.45, 7) is 3.23. The molecule has 7 nitrogen and oxygen atoms in total. The van der Waals surface area contributed by atoms with E-state index in [1.807, 2.05) is 6.92 Å². The van der Waals surface area contributed by atoms with Crippen molar-refractivity contribution in [1.29, 1.82) is 0 Å². The molecule has 2 rings (SSSR count). The molecule has 7 heteroatoms. The van der Waals surface area contributed by atoms with E-state index < -0.39 is 11.8 Å². The predicted octanol–water partition coefficient (Wildman–Crippen LogP) is -0.394. The number of ether oxygens (including phenoxy) is 1. The van der Waals surface area contributed by atoms with Crippen LogP contribution in [0.5, 0.6) is 0 Å². The van der Waals surface area contributed by atoms with Crippen molar-refractivity contribution in [2.75, 3.05) is 25.0 Å². The Kier molecular flexibility index (Phi) is 3.61. The minimum Gasteiger partial charge on any atom is -0.375 e. The summed E-state index contributed by atoms with van der Waals surface area (Å²) in [5.41, 5.74) is 0. The highest BCUT2D eigenvalue weighted by Crippen LogP contribution is 2.07. The number of aryl methyl sites for hydroxylation is 1. The molecule has 2 heterocycles. The highest BCUT2D eigenvalue weighted by Gasteiger charge is 2.26. The normalized spacial score (nSPS) is 19.7. The summed E-state index contributed by atoms with van der Waals surface area (Å²) in [5, 5.41) is 6.44. The first kappa shape index (κ1) is 12.6. The number of carbonyl (C=O) groups is 2. The van der Waals surface area contributed by atoms with Crippen LogP contribution in [0.2, 0.25) is 0 Å². The van der Waals surface area contributed by atoms with Gasteiger partial charge in [0, 0.05) is 26.2 Å². The second kappa shape index (κ2) is 5.18. The molecule has 0 saturated carbocycles. The van der Waals surface area contributed by atoms with Crippen molar-refractivity contribution in [2.24, 2.45) is 7.05 Å². The fourth-order valence-electron chi connectivity index (χ4n) is 1.81. The molecular weight excluding hydrogens is 236 g/mol. The van der Waals surface area contributed by atoms with Gasteiger partial charge in [-0.2, -0.15) is 5.10 Å². The third kappa shape index (κ3) is 2.67. The molecule has 0 spiro atoms. The lowest BCUT2D eigenvalue weighted by molar-refractivity contribution is -0.147. The Hall–Kier alpha value is -1.89. The van der Waals surface area contributed by atoms with E-state index in [4.69, 9.17) is 4.74 Å². The average Bonchev–Trinajstić information content (AvgIpc) is 2.74. The predicted molar refractivity (Wildman–Crippen MR) is 63.8 cm³/mol.